The van der Waals surface area contributed by atoms with Gasteiger partial charge in [0.25, 0.3) is 0 Å². The zero-order chi connectivity index (χ0) is 17.5. The van der Waals surface area contributed by atoms with E-state index in [9.17, 15) is 4.79 Å². The van der Waals surface area contributed by atoms with Gasteiger partial charge >= 0.3 is 5.97 Å². The molecule has 4 nitrogen and oxygen atoms in total. The average molecular weight is 338 g/mol. The quantitative estimate of drug-likeness (QED) is 0.843. The van der Waals surface area contributed by atoms with Crippen molar-refractivity contribution in [1.82, 2.24) is 9.80 Å². The first-order valence-corrected chi connectivity index (χ1v) is 8.97. The third-order valence-corrected chi connectivity index (χ3v) is 4.81. The van der Waals surface area contributed by atoms with Crippen LogP contribution < -0.4 is 0 Å². The van der Waals surface area contributed by atoms with Crippen molar-refractivity contribution in [1.29, 1.82) is 0 Å². The third-order valence-electron chi connectivity index (χ3n) is 4.81. The molecule has 2 aromatic rings. The maximum Gasteiger partial charge on any atom is 0.307 e. The molecule has 0 radical (unpaired) electrons. The van der Waals surface area contributed by atoms with Gasteiger partial charge in [0.1, 0.15) is 0 Å². The van der Waals surface area contributed by atoms with Crippen molar-refractivity contribution < 1.29 is 9.90 Å². The van der Waals surface area contributed by atoms with Crippen molar-refractivity contribution in [2.24, 2.45) is 0 Å². The molecular weight excluding hydrogens is 312 g/mol. The van der Waals surface area contributed by atoms with Crippen LogP contribution in [0.5, 0.6) is 0 Å². The van der Waals surface area contributed by atoms with E-state index in [1.807, 2.05) is 12.1 Å². The molecule has 0 amide bonds. The highest BCUT2D eigenvalue weighted by Crippen LogP contribution is 2.10. The van der Waals surface area contributed by atoms with Gasteiger partial charge in [0.15, 0.2) is 0 Å². The summed E-state index contributed by atoms with van der Waals surface area (Å²) in [5, 5.41) is 8.81. The number of benzene rings is 2. The molecule has 1 heterocycles. The number of aliphatic carboxylic acids is 1. The molecule has 0 unspecified atom stereocenters. The molecule has 1 aliphatic heterocycles. The lowest BCUT2D eigenvalue weighted by molar-refractivity contribution is -0.136. The van der Waals surface area contributed by atoms with Crippen molar-refractivity contribution in [3.8, 4) is 0 Å². The van der Waals surface area contributed by atoms with Crippen LogP contribution in [0.15, 0.2) is 54.6 Å². The fourth-order valence-electron chi connectivity index (χ4n) is 3.30. The second-order valence-electron chi connectivity index (χ2n) is 6.74. The molecule has 3 rings (SSSR count). The zero-order valence-corrected chi connectivity index (χ0v) is 14.6. The predicted molar refractivity (Wildman–Crippen MR) is 99.6 cm³/mol. The van der Waals surface area contributed by atoms with Crippen LogP contribution in [0.4, 0.5) is 0 Å². The lowest BCUT2D eigenvalue weighted by atomic mass is 10.1. The van der Waals surface area contributed by atoms with E-state index in [2.05, 4.69) is 52.3 Å². The molecule has 0 aromatic heterocycles. The molecule has 1 saturated heterocycles. The summed E-state index contributed by atoms with van der Waals surface area (Å²) < 4.78 is 0. The van der Waals surface area contributed by atoms with E-state index in [0.717, 1.165) is 51.3 Å². The minimum absolute atomic E-state index is 0.101. The number of hydrogen-bond acceptors (Lipinski definition) is 3. The molecule has 0 aliphatic carbocycles. The maximum atomic E-state index is 10.7. The summed E-state index contributed by atoms with van der Waals surface area (Å²) in [7, 11) is 0. The normalized spacial score (nSPS) is 16.0. The Morgan fingerprint density at radius 3 is 2.04 bits per heavy atom. The summed E-state index contributed by atoms with van der Waals surface area (Å²) in [5.41, 5.74) is 3.53. The van der Waals surface area contributed by atoms with Crippen molar-refractivity contribution >= 4 is 5.97 Å². The molecule has 0 saturated carbocycles. The lowest BCUT2D eigenvalue weighted by Crippen LogP contribution is -2.46. The number of rotatable bonds is 7. The Hall–Kier alpha value is -2.17. The minimum Gasteiger partial charge on any atom is -0.481 e. The van der Waals surface area contributed by atoms with Gasteiger partial charge in [0, 0.05) is 39.3 Å². The molecule has 132 valence electrons. The maximum absolute atomic E-state index is 10.7. The Morgan fingerprint density at radius 1 is 0.800 bits per heavy atom. The molecular formula is C21H26N2O2. The van der Waals surface area contributed by atoms with Crippen LogP contribution >= 0.6 is 0 Å². The van der Waals surface area contributed by atoms with Crippen LogP contribution in [0, 0.1) is 0 Å². The van der Waals surface area contributed by atoms with Crippen molar-refractivity contribution in [3.05, 3.63) is 71.3 Å². The summed E-state index contributed by atoms with van der Waals surface area (Å²) in [6.45, 7) is 6.57. The van der Waals surface area contributed by atoms with Crippen LogP contribution in [0.3, 0.4) is 0 Å². The van der Waals surface area contributed by atoms with E-state index in [1.165, 1.54) is 11.1 Å². The van der Waals surface area contributed by atoms with E-state index in [1.54, 1.807) is 0 Å². The molecule has 0 atom stereocenters. The van der Waals surface area contributed by atoms with E-state index in [0.29, 0.717) is 0 Å². The standard InChI is InChI=1S/C21H26N2O2/c24-21(25)16-19-8-6-18(7-9-19)10-11-22-12-14-23(15-13-22)17-20-4-2-1-3-5-20/h1-9H,10-17H2,(H,24,25). The van der Waals surface area contributed by atoms with Crippen molar-refractivity contribution in [3.63, 3.8) is 0 Å². The summed E-state index contributed by atoms with van der Waals surface area (Å²) in [5.74, 6) is -0.777. The second-order valence-corrected chi connectivity index (χ2v) is 6.74. The van der Waals surface area contributed by atoms with Gasteiger partial charge in [-0.05, 0) is 23.1 Å². The number of hydrogen-bond donors (Lipinski definition) is 1. The summed E-state index contributed by atoms with van der Waals surface area (Å²) in [6, 6.07) is 18.6. The molecule has 1 aliphatic rings. The highest BCUT2D eigenvalue weighted by atomic mass is 16.4. The molecule has 1 N–H and O–H groups in total. The Balaban J connectivity index is 1.39. The Morgan fingerprint density at radius 2 is 1.40 bits per heavy atom. The summed E-state index contributed by atoms with van der Waals surface area (Å²) in [4.78, 5) is 15.8. The first kappa shape index (κ1) is 17.6. The fraction of sp³-hybridized carbons (Fsp3) is 0.381. The zero-order valence-electron chi connectivity index (χ0n) is 14.6. The van der Waals surface area contributed by atoms with Crippen LogP contribution in [0.25, 0.3) is 0 Å². The number of carboxylic acids is 1. The van der Waals surface area contributed by atoms with Crippen molar-refractivity contribution in [2.45, 2.75) is 19.4 Å². The van der Waals surface area contributed by atoms with E-state index in [4.69, 9.17) is 5.11 Å². The van der Waals surface area contributed by atoms with Gasteiger partial charge in [-0.2, -0.15) is 0 Å². The first-order chi connectivity index (χ1) is 12.2. The average Bonchev–Trinajstić information content (AvgIpc) is 2.63. The van der Waals surface area contributed by atoms with Crippen LogP contribution in [0.1, 0.15) is 16.7 Å². The highest BCUT2D eigenvalue weighted by molar-refractivity contribution is 5.70. The van der Waals surface area contributed by atoms with Gasteiger partial charge in [0.05, 0.1) is 6.42 Å². The Labute approximate surface area is 149 Å². The molecule has 1 fully saturated rings. The van der Waals surface area contributed by atoms with Gasteiger partial charge < -0.3 is 10.0 Å². The Kier molecular flexibility index (Phi) is 6.20. The second kappa shape index (κ2) is 8.79. The predicted octanol–water partition coefficient (Wildman–Crippen LogP) is 2.67. The monoisotopic (exact) mass is 338 g/mol. The first-order valence-electron chi connectivity index (χ1n) is 8.97. The number of carboxylic acid groups (broad SMARTS) is 1. The highest BCUT2D eigenvalue weighted by Gasteiger charge is 2.16. The number of nitrogens with zero attached hydrogens (tertiary/aromatic N) is 2. The smallest absolute Gasteiger partial charge is 0.307 e. The SMILES string of the molecule is O=C(O)Cc1ccc(CCN2CCN(Cc3ccccc3)CC2)cc1. The minimum atomic E-state index is -0.777. The summed E-state index contributed by atoms with van der Waals surface area (Å²) in [6.07, 6.45) is 1.12. The van der Waals surface area contributed by atoms with E-state index < -0.39 is 5.97 Å². The van der Waals surface area contributed by atoms with E-state index in [-0.39, 0.29) is 6.42 Å². The molecule has 25 heavy (non-hydrogen) atoms. The van der Waals surface area contributed by atoms with Crippen LogP contribution in [-0.4, -0.2) is 53.6 Å². The van der Waals surface area contributed by atoms with Gasteiger partial charge in [-0.1, -0.05) is 54.6 Å². The summed E-state index contributed by atoms with van der Waals surface area (Å²) >= 11 is 0. The molecule has 0 bridgehead atoms. The third kappa shape index (κ3) is 5.69. The topological polar surface area (TPSA) is 43.8 Å². The van der Waals surface area contributed by atoms with Crippen LogP contribution in [0.2, 0.25) is 0 Å². The lowest BCUT2D eigenvalue weighted by Gasteiger charge is -2.34. The fourth-order valence-corrected chi connectivity index (χ4v) is 3.30. The molecule has 2 aromatic carbocycles. The molecule has 4 heteroatoms. The van der Waals surface area contributed by atoms with Crippen molar-refractivity contribution in [2.75, 3.05) is 32.7 Å². The Bertz CT molecular complexity index is 662. The van der Waals surface area contributed by atoms with Gasteiger partial charge in [-0.25, -0.2) is 0 Å². The van der Waals surface area contributed by atoms with Gasteiger partial charge in [-0.3, -0.25) is 9.69 Å². The molecule has 0 spiro atoms. The largest absolute Gasteiger partial charge is 0.481 e. The van der Waals surface area contributed by atoms with Gasteiger partial charge in [-0.15, -0.1) is 0 Å². The number of carbonyl (C=O) groups is 1. The van der Waals surface area contributed by atoms with Gasteiger partial charge in [0.2, 0.25) is 0 Å². The number of piperazine rings is 1. The van der Waals surface area contributed by atoms with Crippen LogP contribution in [-0.2, 0) is 24.2 Å². The van der Waals surface area contributed by atoms with E-state index >= 15 is 0 Å².